The van der Waals surface area contributed by atoms with E-state index in [1.165, 1.54) is 11.2 Å². The molecule has 3 aromatic rings. The molecule has 0 amide bonds. The number of anilines is 1. The van der Waals surface area contributed by atoms with Gasteiger partial charge in [0.05, 0.1) is 11.4 Å². The number of fused-ring (bicyclic) bond motifs is 1. The van der Waals surface area contributed by atoms with Gasteiger partial charge in [0.2, 0.25) is 0 Å². The van der Waals surface area contributed by atoms with Crippen LogP contribution >= 0.6 is 11.3 Å². The van der Waals surface area contributed by atoms with Crippen molar-refractivity contribution in [1.29, 1.82) is 0 Å². The van der Waals surface area contributed by atoms with E-state index in [1.54, 1.807) is 11.3 Å². The van der Waals surface area contributed by atoms with Crippen LogP contribution in [-0.2, 0) is 0 Å². The van der Waals surface area contributed by atoms with E-state index in [1.807, 2.05) is 6.20 Å². The fourth-order valence-electron chi connectivity index (χ4n) is 2.60. The van der Waals surface area contributed by atoms with Gasteiger partial charge >= 0.3 is 0 Å². The Kier molecular flexibility index (Phi) is 2.97. The van der Waals surface area contributed by atoms with Crippen molar-refractivity contribution in [2.75, 3.05) is 5.73 Å². The van der Waals surface area contributed by atoms with Crippen molar-refractivity contribution in [3.8, 4) is 0 Å². The van der Waals surface area contributed by atoms with Crippen LogP contribution in [0.1, 0.15) is 34.1 Å². The molecule has 20 heavy (non-hydrogen) atoms. The normalized spacial score (nSPS) is 13.0. The molecule has 0 aliphatic carbocycles. The van der Waals surface area contributed by atoms with Crippen molar-refractivity contribution in [2.45, 2.75) is 33.7 Å². The lowest BCUT2D eigenvalue weighted by molar-refractivity contribution is 0.635. The first-order chi connectivity index (χ1) is 9.50. The van der Waals surface area contributed by atoms with E-state index in [4.69, 9.17) is 5.73 Å². The molecule has 0 aliphatic heterocycles. The summed E-state index contributed by atoms with van der Waals surface area (Å²) < 4.78 is 2.20. The van der Waals surface area contributed by atoms with Gasteiger partial charge in [-0.3, -0.25) is 0 Å². The molecular formula is C14H17N5S. The van der Waals surface area contributed by atoms with Crippen LogP contribution in [0.4, 0.5) is 5.82 Å². The van der Waals surface area contributed by atoms with Crippen LogP contribution in [0.2, 0.25) is 0 Å². The Morgan fingerprint density at radius 1 is 1.20 bits per heavy atom. The maximum atomic E-state index is 6.00. The predicted octanol–water partition coefficient (Wildman–Crippen LogP) is 3.00. The first-order valence-corrected chi connectivity index (χ1v) is 7.32. The van der Waals surface area contributed by atoms with Crippen molar-refractivity contribution in [2.24, 2.45) is 0 Å². The molecule has 2 N–H and O–H groups in total. The average Bonchev–Trinajstić information content (AvgIpc) is 2.94. The van der Waals surface area contributed by atoms with Crippen LogP contribution in [0.25, 0.3) is 11.0 Å². The van der Waals surface area contributed by atoms with Gasteiger partial charge in [0, 0.05) is 16.8 Å². The summed E-state index contributed by atoms with van der Waals surface area (Å²) in [4.78, 5) is 14.2. The monoisotopic (exact) mass is 287 g/mol. The summed E-state index contributed by atoms with van der Waals surface area (Å²) >= 11 is 1.71. The van der Waals surface area contributed by atoms with Gasteiger partial charge in [-0.15, -0.1) is 11.3 Å². The van der Waals surface area contributed by atoms with Crippen LogP contribution in [0, 0.1) is 20.8 Å². The molecule has 3 aromatic heterocycles. The lowest BCUT2D eigenvalue weighted by Gasteiger charge is -2.14. The number of rotatable bonds is 2. The molecule has 3 heterocycles. The number of nitrogen functional groups attached to an aromatic ring is 1. The molecule has 0 saturated heterocycles. The Morgan fingerprint density at radius 3 is 2.60 bits per heavy atom. The Morgan fingerprint density at radius 2 is 1.95 bits per heavy atom. The molecule has 0 spiro atoms. The SMILES string of the molecule is Cc1cnc(C(C)n2c(C)c(C)c3c(N)ncnc32)s1. The molecule has 1 atom stereocenters. The Labute approximate surface area is 121 Å². The molecule has 0 aliphatic rings. The second kappa shape index (κ2) is 4.56. The van der Waals surface area contributed by atoms with Crippen molar-refractivity contribution in [3.63, 3.8) is 0 Å². The fourth-order valence-corrected chi connectivity index (χ4v) is 3.42. The second-order valence-electron chi connectivity index (χ2n) is 5.02. The van der Waals surface area contributed by atoms with Crippen LogP contribution in [0.3, 0.4) is 0 Å². The predicted molar refractivity (Wildman–Crippen MR) is 82.1 cm³/mol. The molecule has 6 heteroatoms. The first-order valence-electron chi connectivity index (χ1n) is 6.50. The highest BCUT2D eigenvalue weighted by atomic mass is 32.1. The minimum absolute atomic E-state index is 0.138. The lowest BCUT2D eigenvalue weighted by atomic mass is 10.2. The van der Waals surface area contributed by atoms with Crippen molar-refractivity contribution >= 4 is 28.2 Å². The Balaban J connectivity index is 2.26. The molecule has 5 nitrogen and oxygen atoms in total. The van der Waals surface area contributed by atoms with Gasteiger partial charge < -0.3 is 10.3 Å². The molecule has 0 radical (unpaired) electrons. The fraction of sp³-hybridized carbons (Fsp3) is 0.357. The highest BCUT2D eigenvalue weighted by Crippen LogP contribution is 2.33. The molecule has 0 saturated carbocycles. The quantitative estimate of drug-likeness (QED) is 0.786. The summed E-state index contributed by atoms with van der Waals surface area (Å²) in [5.41, 5.74) is 9.18. The lowest BCUT2D eigenvalue weighted by Crippen LogP contribution is -2.09. The number of nitrogens with zero attached hydrogens (tertiary/aromatic N) is 4. The van der Waals surface area contributed by atoms with Gasteiger partial charge in [0.1, 0.15) is 22.8 Å². The van der Waals surface area contributed by atoms with Crippen molar-refractivity contribution in [3.05, 3.63) is 33.7 Å². The molecule has 1 unspecified atom stereocenters. The zero-order valence-electron chi connectivity index (χ0n) is 12.0. The molecule has 0 fully saturated rings. The maximum Gasteiger partial charge on any atom is 0.146 e. The summed E-state index contributed by atoms with van der Waals surface area (Å²) in [6.07, 6.45) is 3.43. The van der Waals surface area contributed by atoms with Crippen LogP contribution in [-0.4, -0.2) is 19.5 Å². The van der Waals surface area contributed by atoms with E-state index in [0.717, 1.165) is 27.3 Å². The van der Waals surface area contributed by atoms with Crippen molar-refractivity contribution < 1.29 is 0 Å². The molecular weight excluding hydrogens is 270 g/mol. The van der Waals surface area contributed by atoms with Gasteiger partial charge in [-0.05, 0) is 33.3 Å². The topological polar surface area (TPSA) is 69.6 Å². The van der Waals surface area contributed by atoms with E-state index >= 15 is 0 Å². The number of aryl methyl sites for hydroxylation is 2. The number of aromatic nitrogens is 4. The third kappa shape index (κ3) is 1.79. The minimum Gasteiger partial charge on any atom is -0.383 e. The Bertz CT molecular complexity index is 786. The summed E-state index contributed by atoms with van der Waals surface area (Å²) in [5.74, 6) is 0.539. The van der Waals surface area contributed by atoms with Gasteiger partial charge in [0.15, 0.2) is 0 Å². The Hall–Kier alpha value is -1.95. The van der Waals surface area contributed by atoms with E-state index in [0.29, 0.717) is 5.82 Å². The van der Waals surface area contributed by atoms with Gasteiger partial charge in [0.25, 0.3) is 0 Å². The van der Waals surface area contributed by atoms with E-state index in [-0.39, 0.29) is 6.04 Å². The second-order valence-corrected chi connectivity index (χ2v) is 6.29. The highest BCUT2D eigenvalue weighted by Gasteiger charge is 2.21. The number of thiazole rings is 1. The van der Waals surface area contributed by atoms with E-state index in [2.05, 4.69) is 47.2 Å². The van der Waals surface area contributed by atoms with Gasteiger partial charge in [-0.25, -0.2) is 15.0 Å². The third-order valence-electron chi connectivity index (χ3n) is 3.75. The smallest absolute Gasteiger partial charge is 0.146 e. The molecule has 104 valence electrons. The van der Waals surface area contributed by atoms with Crippen LogP contribution in [0.5, 0.6) is 0 Å². The van der Waals surface area contributed by atoms with Gasteiger partial charge in [-0.1, -0.05) is 0 Å². The average molecular weight is 287 g/mol. The number of hydrogen-bond donors (Lipinski definition) is 1. The summed E-state index contributed by atoms with van der Waals surface area (Å²) in [6.45, 7) is 8.36. The molecule has 3 rings (SSSR count). The summed E-state index contributed by atoms with van der Waals surface area (Å²) in [5, 5.41) is 2.03. The first kappa shape index (κ1) is 13.1. The summed E-state index contributed by atoms with van der Waals surface area (Å²) in [7, 11) is 0. The van der Waals surface area contributed by atoms with Crippen LogP contribution in [0.15, 0.2) is 12.5 Å². The molecule has 0 aromatic carbocycles. The van der Waals surface area contributed by atoms with E-state index in [9.17, 15) is 0 Å². The zero-order valence-corrected chi connectivity index (χ0v) is 12.8. The standard InChI is InChI=1S/C14H17N5S/c1-7-5-16-14(20-7)10(4)19-9(3)8(2)11-12(15)17-6-18-13(11)19/h5-6,10H,1-4H3,(H2,15,17,18). The summed E-state index contributed by atoms with van der Waals surface area (Å²) in [6, 6.07) is 0.138. The van der Waals surface area contributed by atoms with Crippen LogP contribution < -0.4 is 5.73 Å². The number of nitrogens with two attached hydrogens (primary N) is 1. The number of hydrogen-bond acceptors (Lipinski definition) is 5. The van der Waals surface area contributed by atoms with E-state index < -0.39 is 0 Å². The van der Waals surface area contributed by atoms with Gasteiger partial charge in [-0.2, -0.15) is 0 Å². The third-order valence-corrected chi connectivity index (χ3v) is 4.83. The highest BCUT2D eigenvalue weighted by molar-refractivity contribution is 7.11. The largest absolute Gasteiger partial charge is 0.383 e. The molecule has 0 bridgehead atoms. The van der Waals surface area contributed by atoms with Crippen molar-refractivity contribution in [1.82, 2.24) is 19.5 Å². The minimum atomic E-state index is 0.138. The maximum absolute atomic E-state index is 6.00. The zero-order chi connectivity index (χ0) is 14.4.